The summed E-state index contributed by atoms with van der Waals surface area (Å²) >= 11 is 7.42. The van der Waals surface area contributed by atoms with Crippen LogP contribution in [0.1, 0.15) is 31.3 Å². The van der Waals surface area contributed by atoms with E-state index < -0.39 is 0 Å². The smallest absolute Gasteiger partial charge is 0.234 e. The first-order valence-corrected chi connectivity index (χ1v) is 10.7. The van der Waals surface area contributed by atoms with Gasteiger partial charge in [-0.2, -0.15) is 0 Å². The van der Waals surface area contributed by atoms with Gasteiger partial charge in [-0.25, -0.2) is 0 Å². The molecule has 1 N–H and O–H groups in total. The molecule has 6 nitrogen and oxygen atoms in total. The fraction of sp³-hybridized carbons (Fsp3) is 0.286. The molecular formula is C21H23ClN4O2S. The number of benzene rings is 2. The number of carbonyl (C=O) groups is 1. The number of nitrogens with one attached hydrogen (secondary N) is 1. The lowest BCUT2D eigenvalue weighted by Gasteiger charge is -2.16. The summed E-state index contributed by atoms with van der Waals surface area (Å²) in [5, 5.41) is 12.5. The molecule has 0 aliphatic heterocycles. The number of amides is 1. The molecule has 0 radical (unpaired) electrons. The summed E-state index contributed by atoms with van der Waals surface area (Å²) in [5.74, 6) is 1.56. The molecule has 0 bridgehead atoms. The quantitative estimate of drug-likeness (QED) is 0.501. The van der Waals surface area contributed by atoms with Gasteiger partial charge in [-0.15, -0.1) is 10.2 Å². The van der Waals surface area contributed by atoms with Crippen LogP contribution in [0.25, 0.3) is 0 Å². The van der Waals surface area contributed by atoms with Crippen molar-refractivity contribution < 1.29 is 9.53 Å². The third-order valence-corrected chi connectivity index (χ3v) is 5.50. The van der Waals surface area contributed by atoms with Gasteiger partial charge in [-0.05, 0) is 50.6 Å². The molecule has 0 saturated carbocycles. The zero-order chi connectivity index (χ0) is 20.8. The highest BCUT2D eigenvalue weighted by molar-refractivity contribution is 7.99. The molecule has 1 atom stereocenters. The van der Waals surface area contributed by atoms with E-state index >= 15 is 0 Å². The molecule has 3 aromatic rings. The number of aryl methyl sites for hydroxylation is 1. The van der Waals surface area contributed by atoms with E-state index in [1.807, 2.05) is 61.7 Å². The third kappa shape index (κ3) is 5.52. The Morgan fingerprint density at radius 1 is 1.24 bits per heavy atom. The first-order valence-electron chi connectivity index (χ1n) is 9.31. The van der Waals surface area contributed by atoms with Crippen molar-refractivity contribution in [1.29, 1.82) is 0 Å². The predicted octanol–water partition coefficient (Wildman–Crippen LogP) is 5.13. The minimum atomic E-state index is -0.268. The number of hydrogen-bond donors (Lipinski definition) is 1. The van der Waals surface area contributed by atoms with Crippen molar-refractivity contribution in [3.8, 4) is 5.75 Å². The van der Waals surface area contributed by atoms with Gasteiger partial charge in [0.25, 0.3) is 0 Å². The van der Waals surface area contributed by atoms with E-state index in [1.54, 1.807) is 12.1 Å². The number of ether oxygens (including phenoxy) is 1. The Bertz CT molecular complexity index is 992. The number of carbonyl (C=O) groups excluding carboxylic acids is 1. The molecular weight excluding hydrogens is 408 g/mol. The summed E-state index contributed by atoms with van der Waals surface area (Å²) < 4.78 is 7.99. The summed E-state index contributed by atoms with van der Waals surface area (Å²) in [4.78, 5) is 12.3. The zero-order valence-corrected chi connectivity index (χ0v) is 18.1. The maximum absolute atomic E-state index is 12.3. The van der Waals surface area contributed by atoms with Crippen LogP contribution in [0.4, 0.5) is 5.69 Å². The van der Waals surface area contributed by atoms with E-state index in [0.717, 1.165) is 17.1 Å². The average molecular weight is 431 g/mol. The van der Waals surface area contributed by atoms with Gasteiger partial charge in [0.2, 0.25) is 5.91 Å². The highest BCUT2D eigenvalue weighted by Crippen LogP contribution is 2.26. The molecule has 0 spiro atoms. The predicted molar refractivity (Wildman–Crippen MR) is 117 cm³/mol. The molecule has 0 saturated heterocycles. The maximum atomic E-state index is 12.3. The van der Waals surface area contributed by atoms with Crippen LogP contribution in [-0.4, -0.2) is 26.4 Å². The second kappa shape index (κ2) is 9.80. The van der Waals surface area contributed by atoms with Crippen molar-refractivity contribution >= 4 is 35.0 Å². The molecule has 3 rings (SSSR count). The number of rotatable bonds is 8. The minimum Gasteiger partial charge on any atom is -0.483 e. The standard InChI is InChI=1S/C21H23ClN4O2S/c1-4-26-20(15(3)28-16-9-7-8-14(2)12-16)24-25-21(26)29-13-19(27)23-18-11-6-5-10-17(18)22/h5-12,15H,4,13H2,1-3H3,(H,23,27). The van der Waals surface area contributed by atoms with Gasteiger partial charge in [0, 0.05) is 6.54 Å². The fourth-order valence-corrected chi connectivity index (χ4v) is 3.82. The van der Waals surface area contributed by atoms with Crippen LogP contribution in [0.2, 0.25) is 5.02 Å². The van der Waals surface area contributed by atoms with Gasteiger partial charge >= 0.3 is 0 Å². The Kier molecular flexibility index (Phi) is 7.17. The van der Waals surface area contributed by atoms with Crippen LogP contribution in [0.15, 0.2) is 53.7 Å². The van der Waals surface area contributed by atoms with E-state index in [1.165, 1.54) is 11.8 Å². The van der Waals surface area contributed by atoms with Gasteiger partial charge < -0.3 is 14.6 Å². The second-order valence-corrected chi connectivity index (χ2v) is 7.83. The highest BCUT2D eigenvalue weighted by Gasteiger charge is 2.19. The van der Waals surface area contributed by atoms with Crippen LogP contribution >= 0.6 is 23.4 Å². The maximum Gasteiger partial charge on any atom is 0.234 e. The average Bonchev–Trinajstić information content (AvgIpc) is 3.11. The van der Waals surface area contributed by atoms with Crippen LogP contribution in [-0.2, 0) is 11.3 Å². The van der Waals surface area contributed by atoms with Gasteiger partial charge in [0.1, 0.15) is 5.75 Å². The summed E-state index contributed by atoms with van der Waals surface area (Å²) in [7, 11) is 0. The van der Waals surface area contributed by atoms with Crippen molar-refractivity contribution in [2.24, 2.45) is 0 Å². The van der Waals surface area contributed by atoms with Gasteiger partial charge in [-0.1, -0.05) is 47.6 Å². The lowest BCUT2D eigenvalue weighted by Crippen LogP contribution is -2.15. The molecule has 1 unspecified atom stereocenters. The van der Waals surface area contributed by atoms with Gasteiger partial charge in [-0.3, -0.25) is 4.79 Å². The number of aromatic nitrogens is 3. The molecule has 0 fully saturated rings. The zero-order valence-electron chi connectivity index (χ0n) is 16.6. The molecule has 8 heteroatoms. The number of halogens is 1. The Hall–Kier alpha value is -2.51. The van der Waals surface area contributed by atoms with Crippen molar-refractivity contribution in [1.82, 2.24) is 14.8 Å². The lowest BCUT2D eigenvalue weighted by atomic mass is 10.2. The first kappa shape index (κ1) is 21.2. The first-order chi connectivity index (χ1) is 14.0. The number of hydrogen-bond acceptors (Lipinski definition) is 5. The van der Waals surface area contributed by atoms with E-state index in [-0.39, 0.29) is 17.8 Å². The summed E-state index contributed by atoms with van der Waals surface area (Å²) in [6, 6.07) is 15.0. The third-order valence-electron chi connectivity index (χ3n) is 4.21. The normalized spacial score (nSPS) is 11.9. The van der Waals surface area contributed by atoms with Crippen LogP contribution in [0.5, 0.6) is 5.75 Å². The van der Waals surface area contributed by atoms with E-state index in [9.17, 15) is 4.79 Å². The fourth-order valence-electron chi connectivity index (χ4n) is 2.83. The number of anilines is 1. The monoisotopic (exact) mass is 430 g/mol. The Labute approximate surface area is 179 Å². The Morgan fingerprint density at radius 3 is 2.76 bits per heavy atom. The lowest BCUT2D eigenvalue weighted by molar-refractivity contribution is -0.113. The van der Waals surface area contributed by atoms with Crippen LogP contribution < -0.4 is 10.1 Å². The SMILES string of the molecule is CCn1c(SCC(=O)Nc2ccccc2Cl)nnc1C(C)Oc1cccc(C)c1. The van der Waals surface area contributed by atoms with Crippen molar-refractivity contribution in [2.45, 2.75) is 38.6 Å². The Balaban J connectivity index is 1.64. The molecule has 1 amide bonds. The van der Waals surface area contributed by atoms with Crippen LogP contribution in [0.3, 0.4) is 0 Å². The van der Waals surface area contributed by atoms with Crippen LogP contribution in [0, 0.1) is 6.92 Å². The number of para-hydroxylation sites is 1. The van der Waals surface area contributed by atoms with Crippen molar-refractivity contribution in [3.05, 3.63) is 64.9 Å². The summed E-state index contributed by atoms with van der Waals surface area (Å²) in [6.07, 6.45) is -0.268. The second-order valence-electron chi connectivity index (χ2n) is 6.48. The largest absolute Gasteiger partial charge is 0.483 e. The van der Waals surface area contributed by atoms with E-state index in [4.69, 9.17) is 16.3 Å². The van der Waals surface area contributed by atoms with Gasteiger partial charge in [0.05, 0.1) is 16.5 Å². The molecule has 1 aromatic heterocycles. The summed E-state index contributed by atoms with van der Waals surface area (Å²) in [6.45, 7) is 6.66. The van der Waals surface area contributed by atoms with E-state index in [0.29, 0.717) is 22.4 Å². The summed E-state index contributed by atoms with van der Waals surface area (Å²) in [5.41, 5.74) is 1.73. The molecule has 152 valence electrons. The number of nitrogens with zero attached hydrogens (tertiary/aromatic N) is 3. The Morgan fingerprint density at radius 2 is 2.03 bits per heavy atom. The molecule has 2 aromatic carbocycles. The molecule has 0 aliphatic rings. The number of thioether (sulfide) groups is 1. The van der Waals surface area contributed by atoms with Gasteiger partial charge in [0.15, 0.2) is 17.1 Å². The molecule has 29 heavy (non-hydrogen) atoms. The molecule has 1 heterocycles. The minimum absolute atomic E-state index is 0.153. The topological polar surface area (TPSA) is 69.0 Å². The highest BCUT2D eigenvalue weighted by atomic mass is 35.5. The van der Waals surface area contributed by atoms with Crippen molar-refractivity contribution in [2.75, 3.05) is 11.1 Å². The molecule has 0 aliphatic carbocycles. The van der Waals surface area contributed by atoms with Crippen molar-refractivity contribution in [3.63, 3.8) is 0 Å². The van der Waals surface area contributed by atoms with E-state index in [2.05, 4.69) is 15.5 Å².